The molecule has 0 saturated heterocycles. The first-order valence-corrected chi connectivity index (χ1v) is 5.40. The molecule has 0 aliphatic rings. The Morgan fingerprint density at radius 1 is 1.33 bits per heavy atom. The average molecular weight is 204 g/mol. The van der Waals surface area contributed by atoms with Crippen molar-refractivity contribution in [3.8, 4) is 0 Å². The Labute approximate surface area is 91.9 Å². The van der Waals surface area contributed by atoms with Gasteiger partial charge in [0, 0.05) is 18.7 Å². The van der Waals surface area contributed by atoms with Gasteiger partial charge in [-0.05, 0) is 44.9 Å². The summed E-state index contributed by atoms with van der Waals surface area (Å²) in [5.41, 5.74) is 1.87. The summed E-state index contributed by atoms with van der Waals surface area (Å²) >= 11 is 0. The van der Waals surface area contributed by atoms with Crippen molar-refractivity contribution >= 4 is 5.91 Å². The summed E-state index contributed by atoms with van der Waals surface area (Å²) < 4.78 is 0. The quantitative estimate of drug-likeness (QED) is 0.738. The molecule has 0 heterocycles. The molecule has 0 N–H and O–H groups in total. The minimum absolute atomic E-state index is 0.107. The average Bonchev–Trinajstić information content (AvgIpc) is 2.30. The van der Waals surface area contributed by atoms with E-state index in [4.69, 9.17) is 0 Å². The molecule has 81 valence electrons. The van der Waals surface area contributed by atoms with Crippen molar-refractivity contribution in [2.24, 2.45) is 0 Å². The van der Waals surface area contributed by atoms with Gasteiger partial charge >= 0.3 is 0 Å². The highest BCUT2D eigenvalue weighted by molar-refractivity contribution is 5.94. The monoisotopic (exact) mass is 204 g/mol. The van der Waals surface area contributed by atoms with Crippen molar-refractivity contribution in [2.45, 2.75) is 20.3 Å². The van der Waals surface area contributed by atoms with Crippen LogP contribution < -0.4 is 0 Å². The molecular formula is C13H18NO. The number of benzene rings is 1. The molecule has 2 nitrogen and oxygen atoms in total. The highest BCUT2D eigenvalue weighted by Crippen LogP contribution is 2.08. The van der Waals surface area contributed by atoms with Gasteiger partial charge in [0.2, 0.25) is 0 Å². The number of hydrogen-bond donors (Lipinski definition) is 0. The Kier molecular flexibility index (Phi) is 4.35. The third-order valence-corrected chi connectivity index (χ3v) is 2.51. The van der Waals surface area contributed by atoms with Crippen LogP contribution >= 0.6 is 0 Å². The molecule has 1 radical (unpaired) electrons. The Balaban J connectivity index is 2.90. The predicted octanol–water partition coefficient (Wildman–Crippen LogP) is 2.55. The van der Waals surface area contributed by atoms with E-state index < -0.39 is 0 Å². The smallest absolute Gasteiger partial charge is 0.253 e. The molecule has 0 aliphatic carbocycles. The number of carbonyl (C=O) groups excluding carboxylic acids is 1. The molecule has 0 bridgehead atoms. The molecule has 2 heteroatoms. The van der Waals surface area contributed by atoms with E-state index in [1.807, 2.05) is 43.0 Å². The minimum atomic E-state index is 0.107. The van der Waals surface area contributed by atoms with E-state index in [2.05, 4.69) is 6.92 Å². The lowest BCUT2D eigenvalue weighted by Gasteiger charge is -2.18. The van der Waals surface area contributed by atoms with Crippen LogP contribution in [0.3, 0.4) is 0 Å². The summed E-state index contributed by atoms with van der Waals surface area (Å²) in [6.45, 7) is 9.31. The fraction of sp³-hybridized carbons (Fsp3) is 0.385. The maximum atomic E-state index is 12.0. The second kappa shape index (κ2) is 5.54. The van der Waals surface area contributed by atoms with Crippen LogP contribution in [-0.2, 0) is 6.42 Å². The Bertz CT molecular complexity index is 329. The number of nitrogens with zero attached hydrogens (tertiary/aromatic N) is 1. The van der Waals surface area contributed by atoms with E-state index in [9.17, 15) is 4.79 Å². The lowest BCUT2D eigenvalue weighted by Crippen LogP contribution is -2.30. The van der Waals surface area contributed by atoms with E-state index in [1.54, 1.807) is 0 Å². The molecule has 15 heavy (non-hydrogen) atoms. The lowest BCUT2D eigenvalue weighted by molar-refractivity contribution is 0.0773. The van der Waals surface area contributed by atoms with Crippen LogP contribution in [0.5, 0.6) is 0 Å². The third kappa shape index (κ3) is 2.82. The summed E-state index contributed by atoms with van der Waals surface area (Å²) in [6.07, 6.45) is 0.722. The molecule has 1 aromatic carbocycles. The molecule has 0 atom stereocenters. The molecule has 0 fully saturated rings. The second-order valence-electron chi connectivity index (χ2n) is 3.43. The van der Waals surface area contributed by atoms with Gasteiger partial charge < -0.3 is 4.90 Å². The van der Waals surface area contributed by atoms with Crippen LogP contribution in [0, 0.1) is 6.92 Å². The van der Waals surface area contributed by atoms with Crippen molar-refractivity contribution in [1.29, 1.82) is 0 Å². The molecule has 0 saturated carbocycles. The predicted molar refractivity (Wildman–Crippen MR) is 62.8 cm³/mol. The molecule has 0 aliphatic heterocycles. The van der Waals surface area contributed by atoms with Crippen LogP contribution in [0.2, 0.25) is 0 Å². The summed E-state index contributed by atoms with van der Waals surface area (Å²) in [4.78, 5) is 13.8. The number of hydrogen-bond acceptors (Lipinski definition) is 1. The van der Waals surface area contributed by atoms with Gasteiger partial charge in [-0.2, -0.15) is 0 Å². The van der Waals surface area contributed by atoms with E-state index in [0.29, 0.717) is 0 Å². The molecule has 0 spiro atoms. The van der Waals surface area contributed by atoms with Crippen LogP contribution in [0.4, 0.5) is 0 Å². The molecule has 1 aromatic rings. The van der Waals surface area contributed by atoms with Crippen LogP contribution in [0.25, 0.3) is 0 Å². The van der Waals surface area contributed by atoms with E-state index in [1.165, 1.54) is 0 Å². The standard InChI is InChI=1S/C13H18NO/c1-4-11-8-7-9-12(10-11)13(15)14(5-2)6-3/h7-10H,1,4-6H2,2-3H3. The van der Waals surface area contributed by atoms with Crippen molar-refractivity contribution in [3.05, 3.63) is 42.3 Å². The van der Waals surface area contributed by atoms with Gasteiger partial charge in [-0.1, -0.05) is 12.1 Å². The Morgan fingerprint density at radius 3 is 2.53 bits per heavy atom. The lowest BCUT2D eigenvalue weighted by atomic mass is 10.1. The van der Waals surface area contributed by atoms with Gasteiger partial charge in [0.15, 0.2) is 0 Å². The SMILES string of the molecule is [CH2]Cc1cccc(C(=O)N(CC)CC)c1. The maximum Gasteiger partial charge on any atom is 0.253 e. The Morgan fingerprint density at radius 2 is 2.00 bits per heavy atom. The summed E-state index contributed by atoms with van der Waals surface area (Å²) in [6, 6.07) is 7.69. The van der Waals surface area contributed by atoms with Crippen molar-refractivity contribution in [1.82, 2.24) is 4.90 Å². The highest BCUT2D eigenvalue weighted by atomic mass is 16.2. The molecule has 0 aromatic heterocycles. The maximum absolute atomic E-state index is 12.0. The van der Waals surface area contributed by atoms with Crippen molar-refractivity contribution < 1.29 is 4.79 Å². The Hall–Kier alpha value is -1.31. The fourth-order valence-electron chi connectivity index (χ4n) is 1.55. The van der Waals surface area contributed by atoms with Gasteiger partial charge in [-0.25, -0.2) is 0 Å². The third-order valence-electron chi connectivity index (χ3n) is 2.51. The molecule has 1 amide bonds. The van der Waals surface area contributed by atoms with Gasteiger partial charge in [0.25, 0.3) is 5.91 Å². The molecule has 0 unspecified atom stereocenters. The zero-order valence-corrected chi connectivity index (χ0v) is 9.49. The van der Waals surface area contributed by atoms with E-state index in [-0.39, 0.29) is 5.91 Å². The first kappa shape index (κ1) is 11.8. The first-order valence-electron chi connectivity index (χ1n) is 5.40. The van der Waals surface area contributed by atoms with Crippen LogP contribution in [0.1, 0.15) is 29.8 Å². The largest absolute Gasteiger partial charge is 0.339 e. The molecule has 1 rings (SSSR count). The first-order chi connectivity index (χ1) is 7.22. The summed E-state index contributed by atoms with van der Waals surface area (Å²) in [7, 11) is 0. The highest BCUT2D eigenvalue weighted by Gasteiger charge is 2.11. The van der Waals surface area contributed by atoms with Crippen LogP contribution in [0.15, 0.2) is 24.3 Å². The molecular weight excluding hydrogens is 186 g/mol. The number of rotatable bonds is 4. The summed E-state index contributed by atoms with van der Waals surface area (Å²) in [5, 5.41) is 0. The van der Waals surface area contributed by atoms with Crippen LogP contribution in [-0.4, -0.2) is 23.9 Å². The van der Waals surface area contributed by atoms with Crippen molar-refractivity contribution in [3.63, 3.8) is 0 Å². The number of carbonyl (C=O) groups is 1. The van der Waals surface area contributed by atoms with Crippen molar-refractivity contribution in [2.75, 3.05) is 13.1 Å². The zero-order chi connectivity index (χ0) is 11.3. The van der Waals surface area contributed by atoms with Gasteiger partial charge in [-0.15, -0.1) is 0 Å². The summed E-state index contributed by atoms with van der Waals surface area (Å²) in [5.74, 6) is 0.107. The van der Waals surface area contributed by atoms with E-state index >= 15 is 0 Å². The van der Waals surface area contributed by atoms with Gasteiger partial charge in [0.05, 0.1) is 0 Å². The van der Waals surface area contributed by atoms with E-state index in [0.717, 1.165) is 30.6 Å². The fourth-order valence-corrected chi connectivity index (χ4v) is 1.55. The zero-order valence-electron chi connectivity index (χ0n) is 9.49. The normalized spacial score (nSPS) is 10.1. The van der Waals surface area contributed by atoms with Gasteiger partial charge in [0.1, 0.15) is 0 Å². The topological polar surface area (TPSA) is 20.3 Å². The minimum Gasteiger partial charge on any atom is -0.339 e. The number of amides is 1. The van der Waals surface area contributed by atoms with Gasteiger partial charge in [-0.3, -0.25) is 4.79 Å². The second-order valence-corrected chi connectivity index (χ2v) is 3.43.